The molecule has 1 radical (unpaired) electrons. The van der Waals surface area contributed by atoms with Crippen molar-refractivity contribution in [1.82, 2.24) is 58.7 Å². The Hall–Kier alpha value is -3.25. The van der Waals surface area contributed by atoms with Crippen molar-refractivity contribution in [3.05, 3.63) is 108 Å². The maximum absolute atomic E-state index is 12.9. The minimum atomic E-state index is -5.07. The zero-order chi connectivity index (χ0) is 48.5. The second-order valence-corrected chi connectivity index (χ2v) is 20.8. The van der Waals surface area contributed by atoms with Crippen LogP contribution in [0.25, 0.3) is 0 Å². The Kier molecular flexibility index (Phi) is 21.5. The van der Waals surface area contributed by atoms with Crippen molar-refractivity contribution in [2.75, 3.05) is 10.7 Å². The summed E-state index contributed by atoms with van der Waals surface area (Å²) < 4.78 is 84.0. The molecule has 6 rings (SSSR count). The first-order chi connectivity index (χ1) is 29.8. The van der Waals surface area contributed by atoms with Crippen LogP contribution in [-0.4, -0.2) is 95.3 Å². The number of rotatable bonds is 14. The number of hydrogen-bond acceptors (Lipinski definition) is 12. The molecule has 0 atom stereocenters. The Morgan fingerprint density at radius 2 is 0.523 bits per heavy atom. The molecule has 0 amide bonds. The van der Waals surface area contributed by atoms with Crippen molar-refractivity contribution < 1.29 is 42.7 Å². The fraction of sp³-hybridized carbons (Fsp3) is 0.550. The van der Waals surface area contributed by atoms with Crippen molar-refractivity contribution in [2.45, 2.75) is 129 Å². The molecule has 0 saturated carbocycles. The number of hydrogen-bond donors (Lipinski definition) is 0. The van der Waals surface area contributed by atoms with Gasteiger partial charge in [-0.05, 0) is 71.9 Å². The van der Waals surface area contributed by atoms with Gasteiger partial charge in [0.05, 0.1) is 44.8 Å². The predicted molar refractivity (Wildman–Crippen MR) is 248 cm³/mol. The van der Waals surface area contributed by atoms with Crippen LogP contribution >= 0.6 is 46.4 Å². The van der Waals surface area contributed by atoms with Crippen molar-refractivity contribution in [1.29, 1.82) is 0 Å². The maximum atomic E-state index is 12.9. The van der Waals surface area contributed by atoms with Crippen molar-refractivity contribution in [3.8, 4) is 0 Å². The quantitative estimate of drug-likeness (QED) is 0.0740. The van der Waals surface area contributed by atoms with Gasteiger partial charge in [0.25, 0.3) is 0 Å². The average Bonchev–Trinajstić information content (AvgIpc) is 4.05. The topological polar surface area (TPSA) is 221 Å². The molecule has 0 saturated heterocycles. The van der Waals surface area contributed by atoms with E-state index in [4.69, 9.17) is 46.4 Å². The van der Waals surface area contributed by atoms with Crippen LogP contribution in [0.4, 0.5) is 0 Å². The van der Waals surface area contributed by atoms with Gasteiger partial charge in [0.1, 0.15) is 0 Å². The third kappa shape index (κ3) is 12.6. The van der Waals surface area contributed by atoms with Crippen LogP contribution in [0, 0.1) is 0 Å². The van der Waals surface area contributed by atoms with Crippen LogP contribution in [0.5, 0.6) is 0 Å². The molecule has 0 aliphatic heterocycles. The number of nitrogens with zero attached hydrogens (tertiary/aromatic N) is 12. The summed E-state index contributed by atoms with van der Waals surface area (Å²) >= 11 is 19.1. The van der Waals surface area contributed by atoms with E-state index in [0.29, 0.717) is 34.2 Å². The Bertz CT molecular complexity index is 2190. The van der Waals surface area contributed by atoms with Gasteiger partial charge in [-0.3, -0.25) is 0 Å². The monoisotopic (exact) mass is 1070 g/mol. The molecule has 6 heterocycles. The summed E-state index contributed by atoms with van der Waals surface area (Å²) in [7, 11) is -10.1. The minimum Gasteiger partial charge on any atom is -0.743 e. The second-order valence-electron chi connectivity index (χ2n) is 16.3. The molecule has 363 valence electrons. The first-order valence-electron chi connectivity index (χ1n) is 20.3. The van der Waals surface area contributed by atoms with Crippen LogP contribution in [0.1, 0.15) is 153 Å². The van der Waals surface area contributed by atoms with Crippen LogP contribution in [0.2, 0.25) is 0 Å². The van der Waals surface area contributed by atoms with Gasteiger partial charge in [-0.25, -0.2) is 44.9 Å². The van der Waals surface area contributed by atoms with Gasteiger partial charge in [0.15, 0.2) is 20.2 Å². The minimum absolute atomic E-state index is 0. The zero-order valence-corrected chi connectivity index (χ0v) is 44.0. The van der Waals surface area contributed by atoms with Crippen LogP contribution in [0.15, 0.2) is 73.6 Å². The number of halogens is 4. The summed E-state index contributed by atoms with van der Waals surface area (Å²) in [4.78, 5) is 0. The summed E-state index contributed by atoms with van der Waals surface area (Å²) in [6.45, 7) is 23.3. The molecule has 18 nitrogen and oxygen atoms in total. The first-order valence-corrected chi connectivity index (χ1v) is 25.3. The number of aromatic nitrogens is 12. The molecule has 0 spiro atoms. The summed E-state index contributed by atoms with van der Waals surface area (Å²) in [6, 6.07) is 10.2. The fourth-order valence-electron chi connectivity index (χ4n) is 6.17. The van der Waals surface area contributed by atoms with E-state index in [9.17, 15) is 25.9 Å². The van der Waals surface area contributed by atoms with E-state index in [1.807, 2.05) is 83.1 Å². The normalized spacial score (nSPS) is 12.3. The SMILES string of the molecule is CC(C)c1ccn(C(n2ccc(C(C)C)n2)(n2ccc(C(C)C)n2)S(=O)(=O)[O-])n1.CC(C)c1ccn(C(n2ccc(C(C)C)n2)(n2ccc(C(C)C)n2)S(=O)(=O)[O-])n1.ClCCl.ClCCl.[Co+2]. The molecule has 0 bridgehead atoms. The maximum Gasteiger partial charge on any atom is 2.00 e. The zero-order valence-electron chi connectivity index (χ0n) is 38.3. The Labute approximate surface area is 412 Å². The molecule has 0 aliphatic carbocycles. The van der Waals surface area contributed by atoms with Crippen molar-refractivity contribution in [2.24, 2.45) is 0 Å². The molecule has 0 aliphatic rings. The fourth-order valence-corrected chi connectivity index (χ4v) is 8.15. The Balaban J connectivity index is 0.000000393. The molecule has 25 heteroatoms. The smallest absolute Gasteiger partial charge is 0.743 e. The summed E-state index contributed by atoms with van der Waals surface area (Å²) in [5, 5.41) is 22.3. The molecule has 6 aromatic rings. The van der Waals surface area contributed by atoms with Crippen LogP contribution in [0.3, 0.4) is 0 Å². The third-order valence-electron chi connectivity index (χ3n) is 9.67. The predicted octanol–water partition coefficient (Wildman–Crippen LogP) is 8.55. The van der Waals surface area contributed by atoms with E-state index >= 15 is 0 Å². The van der Waals surface area contributed by atoms with Gasteiger partial charge < -0.3 is 9.11 Å². The average molecular weight is 1070 g/mol. The third-order valence-corrected chi connectivity index (χ3v) is 12.1. The van der Waals surface area contributed by atoms with E-state index in [1.165, 1.54) is 37.2 Å². The molecule has 6 aromatic heterocycles. The van der Waals surface area contributed by atoms with Crippen molar-refractivity contribution >= 4 is 66.6 Å². The van der Waals surface area contributed by atoms with Gasteiger partial charge in [-0.15, -0.1) is 46.4 Å². The van der Waals surface area contributed by atoms with Gasteiger partial charge >= 0.3 is 27.0 Å². The van der Waals surface area contributed by atoms with E-state index < -0.39 is 30.5 Å². The molecule has 0 unspecified atom stereocenters. The Morgan fingerprint density at radius 3 is 0.600 bits per heavy atom. The second kappa shape index (κ2) is 24.2. The van der Waals surface area contributed by atoms with E-state index in [2.05, 4.69) is 30.6 Å². The van der Waals surface area contributed by atoms with Crippen molar-refractivity contribution in [3.63, 3.8) is 0 Å². The van der Waals surface area contributed by atoms with Gasteiger partial charge in [-0.2, -0.15) is 30.6 Å². The van der Waals surface area contributed by atoms with Crippen LogP contribution < -0.4 is 0 Å². The van der Waals surface area contributed by atoms with E-state index in [1.54, 1.807) is 36.4 Å². The summed E-state index contributed by atoms with van der Waals surface area (Å²) in [6.07, 6.45) is 8.91. The van der Waals surface area contributed by atoms with Gasteiger partial charge in [-0.1, -0.05) is 83.1 Å². The molecule has 0 aromatic carbocycles. The van der Waals surface area contributed by atoms with Gasteiger partial charge in [0.2, 0.25) is 0 Å². The summed E-state index contributed by atoms with van der Waals surface area (Å²) in [5.74, 6) is 0.311. The molecular weight excluding hydrogens is 1010 g/mol. The number of alkyl halides is 4. The summed E-state index contributed by atoms with van der Waals surface area (Å²) in [5.41, 5.74) is 3.95. The molecular formula is C40H58Cl4CoN12O6S2. The van der Waals surface area contributed by atoms with Crippen LogP contribution in [-0.2, 0) is 47.3 Å². The van der Waals surface area contributed by atoms with E-state index in [0.717, 1.165) is 28.1 Å². The van der Waals surface area contributed by atoms with E-state index in [-0.39, 0.29) is 63.0 Å². The Morgan fingerprint density at radius 1 is 0.400 bits per heavy atom. The largest absolute Gasteiger partial charge is 2.00 e. The molecule has 65 heavy (non-hydrogen) atoms. The standard InChI is InChI=1S/2C19H28N6O3S.2CH2Cl2.Co/c2*1-13(2)16-7-10-23(20-16)19(29(26,27)28,24-11-8-17(21-24)14(3)4)25-12-9-18(22-25)15(5)6;2*2-1-3;/h2*7-15H,1-6H3,(H,26,27,28);2*1H2;/q;;;;+2/p-2. The first kappa shape index (κ1) is 57.9. The molecule has 0 fully saturated rings. The van der Waals surface area contributed by atoms with Gasteiger partial charge in [0, 0.05) is 37.2 Å². The molecule has 0 N–H and O–H groups in total.